The van der Waals surface area contributed by atoms with Crippen molar-refractivity contribution in [1.82, 2.24) is 9.78 Å². The highest BCUT2D eigenvalue weighted by molar-refractivity contribution is 9.10. The number of rotatable bonds is 2. The molecule has 0 saturated heterocycles. The fourth-order valence-electron chi connectivity index (χ4n) is 1.35. The highest BCUT2D eigenvalue weighted by Gasteiger charge is 2.05. The van der Waals surface area contributed by atoms with Gasteiger partial charge in [-0.15, -0.1) is 0 Å². The molecule has 88 valence electrons. The van der Waals surface area contributed by atoms with Gasteiger partial charge in [0.05, 0.1) is 11.0 Å². The SMILES string of the molecule is O=c1c(Br)cc(Cl)nn1Cc1ccc(F)cc1. The third-order valence-corrected chi connectivity index (χ3v) is 2.90. The van der Waals surface area contributed by atoms with E-state index in [0.717, 1.165) is 5.56 Å². The van der Waals surface area contributed by atoms with Crippen molar-refractivity contribution in [3.63, 3.8) is 0 Å². The van der Waals surface area contributed by atoms with Gasteiger partial charge < -0.3 is 0 Å². The van der Waals surface area contributed by atoms with Gasteiger partial charge in [-0.1, -0.05) is 23.7 Å². The molecule has 2 aromatic rings. The molecule has 0 atom stereocenters. The van der Waals surface area contributed by atoms with E-state index in [0.29, 0.717) is 4.47 Å². The molecular formula is C11H7BrClFN2O. The van der Waals surface area contributed by atoms with Crippen LogP contribution < -0.4 is 5.56 Å². The topological polar surface area (TPSA) is 34.9 Å². The van der Waals surface area contributed by atoms with Crippen LogP contribution in [0.1, 0.15) is 5.56 Å². The molecule has 0 spiro atoms. The Morgan fingerprint density at radius 3 is 2.65 bits per heavy atom. The molecule has 0 aliphatic heterocycles. The fraction of sp³-hybridized carbons (Fsp3) is 0.0909. The largest absolute Gasteiger partial charge is 0.281 e. The minimum Gasteiger partial charge on any atom is -0.266 e. The van der Waals surface area contributed by atoms with Crippen LogP contribution in [0, 0.1) is 5.82 Å². The Hall–Kier alpha value is -1.20. The van der Waals surface area contributed by atoms with Gasteiger partial charge in [0.25, 0.3) is 5.56 Å². The summed E-state index contributed by atoms with van der Waals surface area (Å²) in [5.41, 5.74) is 0.494. The number of benzene rings is 1. The average Bonchev–Trinajstić information content (AvgIpc) is 2.28. The molecule has 0 aliphatic rings. The van der Waals surface area contributed by atoms with Gasteiger partial charge in [-0.25, -0.2) is 9.07 Å². The zero-order valence-corrected chi connectivity index (χ0v) is 10.9. The predicted octanol–water partition coefficient (Wildman–Crippen LogP) is 2.85. The molecule has 1 aromatic heterocycles. The van der Waals surface area contributed by atoms with E-state index in [2.05, 4.69) is 21.0 Å². The molecule has 17 heavy (non-hydrogen) atoms. The fourth-order valence-corrected chi connectivity index (χ4v) is 2.10. The molecule has 1 heterocycles. The lowest BCUT2D eigenvalue weighted by atomic mass is 10.2. The highest BCUT2D eigenvalue weighted by Crippen LogP contribution is 2.10. The number of hydrogen-bond donors (Lipinski definition) is 0. The van der Waals surface area contributed by atoms with E-state index in [1.165, 1.54) is 22.9 Å². The first-order valence-corrected chi connectivity index (χ1v) is 5.91. The Kier molecular flexibility index (Phi) is 3.59. The van der Waals surface area contributed by atoms with Gasteiger partial charge in [0.1, 0.15) is 5.82 Å². The van der Waals surface area contributed by atoms with E-state index in [4.69, 9.17) is 11.6 Å². The molecule has 6 heteroatoms. The Labute approximate surface area is 110 Å². The summed E-state index contributed by atoms with van der Waals surface area (Å²) in [6.45, 7) is 0.248. The molecule has 0 radical (unpaired) electrons. The molecule has 0 amide bonds. The number of nitrogens with zero attached hydrogens (tertiary/aromatic N) is 2. The van der Waals surface area contributed by atoms with E-state index in [1.807, 2.05) is 0 Å². The summed E-state index contributed by atoms with van der Waals surface area (Å²) in [4.78, 5) is 11.7. The summed E-state index contributed by atoms with van der Waals surface area (Å²) in [6, 6.07) is 7.29. The molecule has 0 fully saturated rings. The van der Waals surface area contributed by atoms with E-state index in [-0.39, 0.29) is 23.1 Å². The van der Waals surface area contributed by atoms with Crippen LogP contribution in [0.2, 0.25) is 5.15 Å². The van der Waals surface area contributed by atoms with E-state index in [9.17, 15) is 9.18 Å². The third kappa shape index (κ3) is 2.92. The zero-order valence-electron chi connectivity index (χ0n) is 8.53. The maximum Gasteiger partial charge on any atom is 0.281 e. The molecule has 0 aliphatic carbocycles. The lowest BCUT2D eigenvalue weighted by Crippen LogP contribution is -2.24. The molecule has 2 rings (SSSR count). The standard InChI is InChI=1S/C11H7BrClFN2O/c12-9-5-10(13)15-16(11(9)17)6-7-1-3-8(14)4-2-7/h1-5H,6H2. The Morgan fingerprint density at radius 2 is 2.00 bits per heavy atom. The van der Waals surface area contributed by atoms with Gasteiger partial charge in [0.2, 0.25) is 0 Å². The van der Waals surface area contributed by atoms with Crippen LogP contribution in [0.25, 0.3) is 0 Å². The van der Waals surface area contributed by atoms with Crippen LogP contribution in [0.4, 0.5) is 4.39 Å². The van der Waals surface area contributed by atoms with E-state index < -0.39 is 0 Å². The van der Waals surface area contributed by atoms with Crippen molar-refractivity contribution in [2.45, 2.75) is 6.54 Å². The van der Waals surface area contributed by atoms with Gasteiger partial charge in [0, 0.05) is 0 Å². The first-order valence-electron chi connectivity index (χ1n) is 4.74. The quantitative estimate of drug-likeness (QED) is 0.853. The van der Waals surface area contributed by atoms with Crippen molar-refractivity contribution in [1.29, 1.82) is 0 Å². The molecule has 0 unspecified atom stereocenters. The average molecular weight is 318 g/mol. The summed E-state index contributed by atoms with van der Waals surface area (Å²) in [5, 5.41) is 4.12. The first kappa shape index (κ1) is 12.3. The van der Waals surface area contributed by atoms with Crippen molar-refractivity contribution >= 4 is 27.5 Å². The van der Waals surface area contributed by atoms with Crippen molar-refractivity contribution in [2.24, 2.45) is 0 Å². The predicted molar refractivity (Wildman–Crippen MR) is 66.7 cm³/mol. The number of hydrogen-bond acceptors (Lipinski definition) is 2. The first-order chi connectivity index (χ1) is 8.06. The van der Waals surface area contributed by atoms with Gasteiger partial charge in [-0.05, 0) is 39.7 Å². The van der Waals surface area contributed by atoms with Gasteiger partial charge in [-0.2, -0.15) is 5.10 Å². The van der Waals surface area contributed by atoms with Crippen LogP contribution in [0.15, 0.2) is 39.6 Å². The highest BCUT2D eigenvalue weighted by atomic mass is 79.9. The maximum atomic E-state index is 12.7. The van der Waals surface area contributed by atoms with Gasteiger partial charge in [0.15, 0.2) is 5.15 Å². The summed E-state index contributed by atoms with van der Waals surface area (Å²) in [6.07, 6.45) is 0. The molecule has 3 nitrogen and oxygen atoms in total. The maximum absolute atomic E-state index is 12.7. The Balaban J connectivity index is 2.36. The summed E-state index contributed by atoms with van der Waals surface area (Å²) < 4.78 is 14.3. The lowest BCUT2D eigenvalue weighted by molar-refractivity contribution is 0.618. The van der Waals surface area contributed by atoms with Crippen LogP contribution in [0.5, 0.6) is 0 Å². The van der Waals surface area contributed by atoms with Crippen LogP contribution in [-0.2, 0) is 6.54 Å². The van der Waals surface area contributed by atoms with E-state index >= 15 is 0 Å². The molecule has 1 aromatic carbocycles. The minimum atomic E-state index is -0.318. The summed E-state index contributed by atoms with van der Waals surface area (Å²) >= 11 is 8.86. The molecule has 0 N–H and O–H groups in total. The van der Waals surface area contributed by atoms with Crippen molar-refractivity contribution in [2.75, 3.05) is 0 Å². The number of aromatic nitrogens is 2. The Morgan fingerprint density at radius 1 is 1.35 bits per heavy atom. The lowest BCUT2D eigenvalue weighted by Gasteiger charge is -2.05. The monoisotopic (exact) mass is 316 g/mol. The molecular weight excluding hydrogens is 310 g/mol. The Bertz CT molecular complexity index is 597. The van der Waals surface area contributed by atoms with Crippen LogP contribution in [-0.4, -0.2) is 9.78 Å². The van der Waals surface area contributed by atoms with Crippen LogP contribution >= 0.6 is 27.5 Å². The second kappa shape index (κ2) is 4.98. The summed E-state index contributed by atoms with van der Waals surface area (Å²) in [7, 11) is 0. The van der Waals surface area contributed by atoms with E-state index in [1.54, 1.807) is 12.1 Å². The van der Waals surface area contributed by atoms with Gasteiger partial charge >= 0.3 is 0 Å². The second-order valence-corrected chi connectivity index (χ2v) is 4.65. The second-order valence-electron chi connectivity index (χ2n) is 3.40. The number of halogens is 3. The third-order valence-electron chi connectivity index (χ3n) is 2.15. The molecule has 0 bridgehead atoms. The van der Waals surface area contributed by atoms with Crippen molar-refractivity contribution < 1.29 is 4.39 Å². The van der Waals surface area contributed by atoms with Crippen LogP contribution in [0.3, 0.4) is 0 Å². The van der Waals surface area contributed by atoms with Crippen molar-refractivity contribution in [3.05, 3.63) is 61.7 Å². The van der Waals surface area contributed by atoms with Crippen molar-refractivity contribution in [3.8, 4) is 0 Å². The molecule has 0 saturated carbocycles. The minimum absolute atomic E-state index is 0.221. The smallest absolute Gasteiger partial charge is 0.266 e. The normalized spacial score (nSPS) is 10.5. The summed E-state index contributed by atoms with van der Waals surface area (Å²) in [5.74, 6) is -0.318. The van der Waals surface area contributed by atoms with Gasteiger partial charge in [-0.3, -0.25) is 4.79 Å². The zero-order chi connectivity index (χ0) is 12.4.